The predicted molar refractivity (Wildman–Crippen MR) is 43.8 cm³/mol. The van der Waals surface area contributed by atoms with E-state index in [9.17, 15) is 18.1 Å². The van der Waals surface area contributed by atoms with Gasteiger partial charge in [-0.25, -0.2) is 0 Å². The van der Waals surface area contributed by atoms with Crippen LogP contribution in [0.1, 0.15) is 0 Å². The number of alkyl halides is 3. The summed E-state index contributed by atoms with van der Waals surface area (Å²) in [5.41, 5.74) is -4.18. The van der Waals surface area contributed by atoms with E-state index >= 15 is 0 Å². The Morgan fingerprint density at radius 2 is 1.69 bits per heavy atom. The van der Waals surface area contributed by atoms with Crippen LogP contribution < -0.4 is 0 Å². The molecule has 0 spiro atoms. The van der Waals surface area contributed by atoms with Crippen LogP contribution in [0.15, 0.2) is 34.3 Å². The van der Waals surface area contributed by atoms with Gasteiger partial charge < -0.3 is 0 Å². The molecule has 1 aromatic rings. The first kappa shape index (κ1) is 10.0. The number of nitrogens with zero attached hydrogens (tertiary/aromatic N) is 1. The molecule has 0 amide bonds. The summed E-state index contributed by atoms with van der Waals surface area (Å²) in [5, 5.41) is 2.57. The second-order valence-corrected chi connectivity index (χ2v) is 3.27. The minimum absolute atomic E-state index is 0.0416. The fourth-order valence-corrected chi connectivity index (χ4v) is 1.25. The fraction of sp³-hybridized carbons (Fsp3) is 0.143. The van der Waals surface area contributed by atoms with Gasteiger partial charge >= 0.3 is 5.51 Å². The molecule has 0 saturated heterocycles. The van der Waals surface area contributed by atoms with Crippen molar-refractivity contribution in [1.29, 1.82) is 0 Å². The summed E-state index contributed by atoms with van der Waals surface area (Å²) in [4.78, 5) is 9.97. The van der Waals surface area contributed by atoms with E-state index in [0.29, 0.717) is 0 Å². The van der Waals surface area contributed by atoms with Crippen LogP contribution in [-0.2, 0) is 0 Å². The van der Waals surface area contributed by atoms with Gasteiger partial charge in [-0.1, -0.05) is 0 Å². The zero-order valence-electron chi connectivity index (χ0n) is 6.21. The highest BCUT2D eigenvalue weighted by atomic mass is 32.2. The normalized spacial score (nSPS) is 11.3. The summed E-state index contributed by atoms with van der Waals surface area (Å²) >= 11 is -0.224. The number of nitroso groups, excluding NO2 is 1. The molecule has 1 aromatic carbocycles. The zero-order valence-corrected chi connectivity index (χ0v) is 7.02. The molecule has 0 N–H and O–H groups in total. The van der Waals surface area contributed by atoms with Crippen LogP contribution in [0.3, 0.4) is 0 Å². The van der Waals surface area contributed by atoms with Crippen molar-refractivity contribution in [1.82, 2.24) is 0 Å². The molecule has 0 saturated carbocycles. The molecule has 0 aliphatic rings. The summed E-state index contributed by atoms with van der Waals surface area (Å²) in [5.74, 6) is 0. The first-order chi connectivity index (χ1) is 6.01. The Kier molecular flexibility index (Phi) is 2.92. The quantitative estimate of drug-likeness (QED) is 0.546. The van der Waals surface area contributed by atoms with Gasteiger partial charge in [0.05, 0.1) is 0 Å². The highest BCUT2D eigenvalue weighted by Crippen LogP contribution is 2.37. The van der Waals surface area contributed by atoms with Gasteiger partial charge in [0.2, 0.25) is 0 Å². The molecule has 6 heteroatoms. The number of hydrogen-bond acceptors (Lipinski definition) is 3. The van der Waals surface area contributed by atoms with E-state index in [4.69, 9.17) is 0 Å². The summed E-state index contributed by atoms with van der Waals surface area (Å²) in [6.07, 6.45) is 0. The second kappa shape index (κ2) is 3.78. The molecule has 13 heavy (non-hydrogen) atoms. The van der Waals surface area contributed by atoms with Crippen LogP contribution >= 0.6 is 11.8 Å². The van der Waals surface area contributed by atoms with Crippen molar-refractivity contribution in [2.75, 3.05) is 0 Å². The van der Waals surface area contributed by atoms with Gasteiger partial charge in [0.25, 0.3) is 0 Å². The lowest BCUT2D eigenvalue weighted by molar-refractivity contribution is -0.0328. The lowest BCUT2D eigenvalue weighted by atomic mass is 10.3. The van der Waals surface area contributed by atoms with Crippen LogP contribution in [0, 0.1) is 4.91 Å². The van der Waals surface area contributed by atoms with Crippen LogP contribution in [0.5, 0.6) is 0 Å². The van der Waals surface area contributed by atoms with Crippen molar-refractivity contribution in [3.8, 4) is 0 Å². The molecule has 0 unspecified atom stereocenters. The number of rotatable bonds is 2. The molecular weight excluding hydrogens is 203 g/mol. The van der Waals surface area contributed by atoms with E-state index in [-0.39, 0.29) is 22.3 Å². The molecule has 1 rings (SSSR count). The number of hydrogen-bond donors (Lipinski definition) is 0. The second-order valence-electron chi connectivity index (χ2n) is 2.13. The molecule has 0 aromatic heterocycles. The van der Waals surface area contributed by atoms with Gasteiger partial charge in [0, 0.05) is 4.90 Å². The highest BCUT2D eigenvalue weighted by molar-refractivity contribution is 8.00. The Hall–Kier alpha value is -1.04. The number of benzene rings is 1. The molecule has 0 atom stereocenters. The molecule has 0 aliphatic heterocycles. The van der Waals surface area contributed by atoms with Gasteiger partial charge in [0.15, 0.2) is 0 Å². The van der Waals surface area contributed by atoms with E-state index in [0.717, 1.165) is 0 Å². The lowest BCUT2D eigenvalue weighted by Crippen LogP contribution is -1.98. The Morgan fingerprint density at radius 3 is 2.08 bits per heavy atom. The van der Waals surface area contributed by atoms with E-state index in [1.54, 1.807) is 0 Å². The largest absolute Gasteiger partial charge is 0.446 e. The van der Waals surface area contributed by atoms with Crippen molar-refractivity contribution < 1.29 is 13.2 Å². The van der Waals surface area contributed by atoms with Gasteiger partial charge in [0.1, 0.15) is 5.69 Å². The first-order valence-corrected chi connectivity index (χ1v) is 4.02. The van der Waals surface area contributed by atoms with Crippen LogP contribution in [-0.4, -0.2) is 5.51 Å². The molecule has 0 radical (unpaired) electrons. The van der Waals surface area contributed by atoms with Gasteiger partial charge in [-0.2, -0.15) is 13.2 Å². The van der Waals surface area contributed by atoms with Crippen LogP contribution in [0.2, 0.25) is 0 Å². The monoisotopic (exact) mass is 207 g/mol. The van der Waals surface area contributed by atoms with E-state index < -0.39 is 5.51 Å². The van der Waals surface area contributed by atoms with Crippen molar-refractivity contribution >= 4 is 17.4 Å². The third-order valence-corrected chi connectivity index (χ3v) is 1.92. The standard InChI is InChI=1S/C7H4F3NOS/c8-7(9,10)13-6-3-1-5(11-12)2-4-6/h1-4H. The Balaban J connectivity index is 2.75. The topological polar surface area (TPSA) is 29.4 Å². The van der Waals surface area contributed by atoms with Crippen molar-refractivity contribution in [3.63, 3.8) is 0 Å². The average Bonchev–Trinajstić information content (AvgIpc) is 2.03. The SMILES string of the molecule is O=Nc1ccc(SC(F)(F)F)cc1. The Bertz CT molecular complexity index is 296. The van der Waals surface area contributed by atoms with Crippen LogP contribution in [0.25, 0.3) is 0 Å². The van der Waals surface area contributed by atoms with Gasteiger partial charge in [-0.05, 0) is 41.2 Å². The minimum Gasteiger partial charge on any atom is -0.160 e. The zero-order chi connectivity index (χ0) is 9.90. The van der Waals surface area contributed by atoms with E-state index in [1.165, 1.54) is 24.3 Å². The molecule has 70 valence electrons. The van der Waals surface area contributed by atoms with E-state index in [2.05, 4.69) is 5.18 Å². The first-order valence-electron chi connectivity index (χ1n) is 3.20. The number of halogens is 3. The third-order valence-electron chi connectivity index (χ3n) is 1.18. The third kappa shape index (κ3) is 3.45. The van der Waals surface area contributed by atoms with Gasteiger partial charge in [-0.3, -0.25) is 0 Å². The maximum Gasteiger partial charge on any atom is 0.446 e. The smallest absolute Gasteiger partial charge is 0.160 e. The summed E-state index contributed by atoms with van der Waals surface area (Å²) in [7, 11) is 0. The molecular formula is C7H4F3NOS. The molecule has 2 nitrogen and oxygen atoms in total. The Morgan fingerprint density at radius 1 is 1.15 bits per heavy atom. The summed E-state index contributed by atoms with van der Waals surface area (Å²) in [6, 6.07) is 4.88. The maximum atomic E-state index is 11.8. The molecule has 0 heterocycles. The Labute approximate surface area is 76.1 Å². The molecule has 0 bridgehead atoms. The predicted octanol–water partition coefficient (Wildman–Crippen LogP) is 3.70. The van der Waals surface area contributed by atoms with Crippen molar-refractivity contribution in [2.45, 2.75) is 10.4 Å². The molecule has 0 aliphatic carbocycles. The maximum absolute atomic E-state index is 11.8. The van der Waals surface area contributed by atoms with Crippen molar-refractivity contribution in [3.05, 3.63) is 29.2 Å². The van der Waals surface area contributed by atoms with Crippen molar-refractivity contribution in [2.24, 2.45) is 5.18 Å². The fourth-order valence-electron chi connectivity index (χ4n) is 0.709. The minimum atomic E-state index is -4.30. The van der Waals surface area contributed by atoms with E-state index in [1.807, 2.05) is 0 Å². The van der Waals surface area contributed by atoms with Crippen LogP contribution in [0.4, 0.5) is 18.9 Å². The average molecular weight is 207 g/mol. The van der Waals surface area contributed by atoms with Gasteiger partial charge in [-0.15, -0.1) is 4.91 Å². The summed E-state index contributed by atoms with van der Waals surface area (Å²) < 4.78 is 35.4. The lowest BCUT2D eigenvalue weighted by Gasteiger charge is -2.04. The number of thioether (sulfide) groups is 1. The summed E-state index contributed by atoms with van der Waals surface area (Å²) in [6.45, 7) is 0. The highest BCUT2D eigenvalue weighted by Gasteiger charge is 2.28. The molecule has 0 fully saturated rings.